The number of benzene rings is 2. The fourth-order valence-corrected chi connectivity index (χ4v) is 2.64. The molecule has 1 radical (unpaired) electrons. The number of nitrogens with zero attached hydrogens (tertiary/aromatic N) is 2. The first-order chi connectivity index (χ1) is 9.74. The molecule has 2 heterocycles. The predicted molar refractivity (Wildman–Crippen MR) is 75.6 cm³/mol. The number of halogens is 1. The van der Waals surface area contributed by atoms with Crippen molar-refractivity contribution in [2.75, 3.05) is 11.4 Å². The molecule has 0 N–H and O–H groups in total. The van der Waals surface area contributed by atoms with Crippen LogP contribution in [0.2, 0.25) is 0 Å². The van der Waals surface area contributed by atoms with Crippen molar-refractivity contribution < 1.29 is 8.81 Å². The number of hydrogen-bond acceptors (Lipinski definition) is 3. The number of rotatable bonds is 1. The minimum absolute atomic E-state index is 0.178. The summed E-state index contributed by atoms with van der Waals surface area (Å²) in [4.78, 5) is 6.37. The van der Waals surface area contributed by atoms with E-state index in [-0.39, 0.29) is 5.58 Å². The second-order valence-electron chi connectivity index (χ2n) is 4.91. The van der Waals surface area contributed by atoms with E-state index in [9.17, 15) is 4.39 Å². The Morgan fingerprint density at radius 1 is 1.20 bits per heavy atom. The average Bonchev–Trinajstić information content (AvgIpc) is 3.06. The molecule has 4 rings (SSSR count). The molecule has 0 fully saturated rings. The summed E-state index contributed by atoms with van der Waals surface area (Å²) in [6.07, 6.45) is 0.942. The molecule has 0 saturated carbocycles. The monoisotopic (exact) mass is 267 g/mol. The third-order valence-electron chi connectivity index (χ3n) is 3.68. The lowest BCUT2D eigenvalue weighted by Crippen LogP contribution is -2.13. The second-order valence-corrected chi connectivity index (χ2v) is 4.91. The van der Waals surface area contributed by atoms with Crippen molar-refractivity contribution in [1.29, 1.82) is 0 Å². The second kappa shape index (κ2) is 4.07. The van der Waals surface area contributed by atoms with Crippen LogP contribution in [0, 0.1) is 12.7 Å². The van der Waals surface area contributed by atoms with Crippen molar-refractivity contribution in [1.82, 2.24) is 4.98 Å². The molecule has 0 bridgehead atoms. The molecule has 0 aliphatic carbocycles. The van der Waals surface area contributed by atoms with Gasteiger partial charge in [-0.3, -0.25) is 4.90 Å². The predicted octanol–water partition coefficient (Wildman–Crippen LogP) is 3.84. The lowest BCUT2D eigenvalue weighted by atomic mass is 10.2. The summed E-state index contributed by atoms with van der Waals surface area (Å²) in [6, 6.07) is 11.9. The number of anilines is 2. The fraction of sp³-hybridized carbons (Fsp3) is 0.125. The zero-order valence-electron chi connectivity index (χ0n) is 10.8. The molecule has 0 saturated heterocycles. The third-order valence-corrected chi connectivity index (χ3v) is 3.68. The van der Waals surface area contributed by atoms with Gasteiger partial charge in [0.15, 0.2) is 11.4 Å². The van der Waals surface area contributed by atoms with Crippen LogP contribution in [0.4, 0.5) is 16.1 Å². The van der Waals surface area contributed by atoms with Crippen molar-refractivity contribution in [2.24, 2.45) is 0 Å². The van der Waals surface area contributed by atoms with E-state index in [0.29, 0.717) is 17.1 Å². The van der Waals surface area contributed by atoms with Gasteiger partial charge in [0.25, 0.3) is 0 Å². The maximum atomic E-state index is 14.0. The minimum Gasteiger partial charge on any atom is -0.420 e. The van der Waals surface area contributed by atoms with Crippen LogP contribution < -0.4 is 4.90 Å². The van der Waals surface area contributed by atoms with E-state index in [1.54, 1.807) is 12.1 Å². The first kappa shape index (κ1) is 11.5. The van der Waals surface area contributed by atoms with Crippen LogP contribution in [-0.2, 0) is 6.42 Å². The lowest BCUT2D eigenvalue weighted by molar-refractivity contribution is 0.551. The number of oxazole rings is 1. The van der Waals surface area contributed by atoms with Gasteiger partial charge in [0.05, 0.1) is 0 Å². The van der Waals surface area contributed by atoms with Gasteiger partial charge in [-0.25, -0.2) is 4.39 Å². The molecular weight excluding hydrogens is 255 g/mol. The Balaban J connectivity index is 1.86. The van der Waals surface area contributed by atoms with Gasteiger partial charge in [-0.15, -0.1) is 0 Å². The van der Waals surface area contributed by atoms with E-state index in [4.69, 9.17) is 4.42 Å². The van der Waals surface area contributed by atoms with Gasteiger partial charge in [0, 0.05) is 12.2 Å². The highest BCUT2D eigenvalue weighted by Crippen LogP contribution is 2.35. The van der Waals surface area contributed by atoms with Gasteiger partial charge >= 0.3 is 6.01 Å². The molecule has 0 spiro atoms. The smallest absolute Gasteiger partial charge is 0.303 e. The third kappa shape index (κ3) is 1.54. The lowest BCUT2D eigenvalue weighted by Gasteiger charge is -2.13. The number of aromatic nitrogens is 1. The van der Waals surface area contributed by atoms with Crippen LogP contribution in [0.5, 0.6) is 0 Å². The average molecular weight is 267 g/mol. The van der Waals surface area contributed by atoms with Gasteiger partial charge in [-0.05, 0) is 36.6 Å². The molecule has 3 nitrogen and oxygen atoms in total. The highest BCUT2D eigenvalue weighted by Gasteiger charge is 2.24. The van der Waals surface area contributed by atoms with Gasteiger partial charge in [-0.2, -0.15) is 4.98 Å². The first-order valence-corrected chi connectivity index (χ1v) is 6.50. The number of fused-ring (bicyclic) bond motifs is 2. The highest BCUT2D eigenvalue weighted by atomic mass is 19.1. The molecule has 1 aliphatic heterocycles. The van der Waals surface area contributed by atoms with Gasteiger partial charge in [0.2, 0.25) is 0 Å². The number of para-hydroxylation sites is 1. The van der Waals surface area contributed by atoms with E-state index in [2.05, 4.69) is 18.0 Å². The molecule has 20 heavy (non-hydrogen) atoms. The van der Waals surface area contributed by atoms with E-state index >= 15 is 0 Å². The van der Waals surface area contributed by atoms with E-state index in [1.807, 2.05) is 23.1 Å². The summed E-state index contributed by atoms with van der Waals surface area (Å²) in [5.41, 5.74) is 3.36. The standard InChI is InChI=1S/C16H12FN2O/c1-10-6-7-12-15(14(10)17)20-16(18-12)19-9-8-11-4-2-3-5-13(11)19/h2-7H,1,8-9H2. The molecule has 1 aromatic heterocycles. The van der Waals surface area contributed by atoms with Crippen LogP contribution in [0.3, 0.4) is 0 Å². The molecule has 3 aromatic rings. The van der Waals surface area contributed by atoms with E-state index in [0.717, 1.165) is 18.7 Å². The molecule has 99 valence electrons. The molecule has 0 unspecified atom stereocenters. The first-order valence-electron chi connectivity index (χ1n) is 6.50. The zero-order chi connectivity index (χ0) is 13.7. The van der Waals surface area contributed by atoms with Crippen LogP contribution in [0.25, 0.3) is 11.1 Å². The Morgan fingerprint density at radius 2 is 2.05 bits per heavy atom. The summed E-state index contributed by atoms with van der Waals surface area (Å²) < 4.78 is 19.6. The van der Waals surface area contributed by atoms with Crippen molar-refractivity contribution in [3.05, 3.63) is 60.3 Å². The van der Waals surface area contributed by atoms with Crippen LogP contribution in [0.1, 0.15) is 11.1 Å². The summed E-state index contributed by atoms with van der Waals surface area (Å²) in [7, 11) is 0. The molecular formula is C16H12FN2O. The minimum atomic E-state index is -0.436. The van der Waals surface area contributed by atoms with Crippen molar-refractivity contribution >= 4 is 22.8 Å². The Bertz CT molecular complexity index is 809. The van der Waals surface area contributed by atoms with Crippen molar-refractivity contribution in [3.63, 3.8) is 0 Å². The van der Waals surface area contributed by atoms with Crippen LogP contribution >= 0.6 is 0 Å². The Kier molecular flexibility index (Phi) is 2.33. The summed E-state index contributed by atoms with van der Waals surface area (Å²) in [5, 5.41) is 0. The largest absolute Gasteiger partial charge is 0.420 e. The molecule has 1 aliphatic rings. The maximum absolute atomic E-state index is 14.0. The zero-order valence-corrected chi connectivity index (χ0v) is 10.8. The molecule has 0 amide bonds. The van der Waals surface area contributed by atoms with Gasteiger partial charge in [0.1, 0.15) is 5.52 Å². The van der Waals surface area contributed by atoms with Gasteiger partial charge < -0.3 is 4.42 Å². The van der Waals surface area contributed by atoms with Gasteiger partial charge in [-0.1, -0.05) is 24.3 Å². The molecule has 4 heteroatoms. The summed E-state index contributed by atoms with van der Waals surface area (Å²) in [6.45, 7) is 4.43. The summed E-state index contributed by atoms with van der Waals surface area (Å²) >= 11 is 0. The molecule has 0 atom stereocenters. The summed E-state index contributed by atoms with van der Waals surface area (Å²) in [5.74, 6) is -0.436. The topological polar surface area (TPSA) is 29.3 Å². The van der Waals surface area contributed by atoms with E-state index in [1.165, 1.54) is 5.56 Å². The van der Waals surface area contributed by atoms with Crippen molar-refractivity contribution in [3.8, 4) is 0 Å². The maximum Gasteiger partial charge on any atom is 0.303 e. The Labute approximate surface area is 115 Å². The molecule has 2 aromatic carbocycles. The van der Waals surface area contributed by atoms with Crippen molar-refractivity contribution in [2.45, 2.75) is 6.42 Å². The SMILES string of the molecule is [CH2]c1ccc2nc(N3CCc4ccccc43)oc2c1F. The number of hydrogen-bond donors (Lipinski definition) is 0. The quantitative estimate of drug-likeness (QED) is 0.670. The fourth-order valence-electron chi connectivity index (χ4n) is 2.64. The highest BCUT2D eigenvalue weighted by molar-refractivity contribution is 5.78. The van der Waals surface area contributed by atoms with Crippen LogP contribution in [-0.4, -0.2) is 11.5 Å². The normalized spacial score (nSPS) is 14.0. The van der Waals surface area contributed by atoms with E-state index < -0.39 is 5.82 Å². The van der Waals surface area contributed by atoms with Crippen LogP contribution in [0.15, 0.2) is 40.8 Å². The Hall–Kier alpha value is -2.36. The Morgan fingerprint density at radius 3 is 2.95 bits per heavy atom.